The Labute approximate surface area is 144 Å². The summed E-state index contributed by atoms with van der Waals surface area (Å²) < 4.78 is 13.2. The normalized spacial score (nSPS) is 18.4. The first-order valence-electron chi connectivity index (χ1n) is 8.70. The predicted octanol–water partition coefficient (Wildman–Crippen LogP) is 1.17. The van der Waals surface area contributed by atoms with E-state index in [2.05, 4.69) is 39.4 Å². The summed E-state index contributed by atoms with van der Waals surface area (Å²) in [4.78, 5) is 9.13. The molecular weight excluding hydrogens is 305 g/mol. The van der Waals surface area contributed by atoms with Gasteiger partial charge < -0.3 is 15.5 Å². The molecule has 1 heterocycles. The van der Waals surface area contributed by atoms with E-state index >= 15 is 0 Å². The van der Waals surface area contributed by atoms with Crippen LogP contribution in [0.3, 0.4) is 0 Å². The first-order chi connectivity index (χ1) is 11.6. The minimum Gasteiger partial charge on any atom is -0.356 e. The molecule has 0 radical (unpaired) electrons. The summed E-state index contributed by atoms with van der Waals surface area (Å²) >= 11 is 0. The monoisotopic (exact) mass is 335 g/mol. The first-order valence-corrected chi connectivity index (χ1v) is 8.70. The fourth-order valence-electron chi connectivity index (χ4n) is 2.87. The van der Waals surface area contributed by atoms with Gasteiger partial charge in [-0.1, -0.05) is 12.1 Å². The number of rotatable bonds is 6. The van der Waals surface area contributed by atoms with Crippen LogP contribution in [0.2, 0.25) is 0 Å². The molecule has 0 aromatic heterocycles. The van der Waals surface area contributed by atoms with Crippen molar-refractivity contribution in [1.82, 2.24) is 20.4 Å². The smallest absolute Gasteiger partial charge is 0.191 e. The molecule has 0 spiro atoms. The summed E-state index contributed by atoms with van der Waals surface area (Å²) in [6.07, 6.45) is 0.770. The maximum atomic E-state index is 13.2. The van der Waals surface area contributed by atoms with Gasteiger partial charge in [0, 0.05) is 52.4 Å². The van der Waals surface area contributed by atoms with E-state index in [9.17, 15) is 4.39 Å². The van der Waals surface area contributed by atoms with Gasteiger partial charge in [0.25, 0.3) is 0 Å². The van der Waals surface area contributed by atoms with Gasteiger partial charge in [0.2, 0.25) is 0 Å². The summed E-state index contributed by atoms with van der Waals surface area (Å²) in [5, 5.41) is 6.68. The number of aliphatic imine (C=N–C) groups is 1. The van der Waals surface area contributed by atoms with Crippen molar-refractivity contribution in [2.75, 3.05) is 53.4 Å². The van der Waals surface area contributed by atoms with Crippen LogP contribution in [-0.4, -0.2) is 75.2 Å². The van der Waals surface area contributed by atoms with Crippen LogP contribution in [0.5, 0.6) is 0 Å². The number of hydrogen-bond donors (Lipinski definition) is 2. The molecule has 2 rings (SSSR count). The summed E-state index contributed by atoms with van der Waals surface area (Å²) in [5.74, 6) is 0.614. The molecule has 1 aromatic rings. The van der Waals surface area contributed by atoms with E-state index in [0.717, 1.165) is 57.2 Å². The number of nitrogens with one attached hydrogen (secondary N) is 2. The maximum absolute atomic E-state index is 13.2. The van der Waals surface area contributed by atoms with Crippen molar-refractivity contribution >= 4 is 5.96 Å². The lowest BCUT2D eigenvalue weighted by Gasteiger charge is -2.36. The standard InChI is InChI=1S/C18H30FN5/c1-15(24-11-9-23(3)10-12-24)14-22-18(20-2)21-8-7-16-5-4-6-17(19)13-16/h4-6,13,15H,7-12,14H2,1-3H3,(H2,20,21,22). The van der Waals surface area contributed by atoms with Crippen molar-refractivity contribution in [2.24, 2.45) is 4.99 Å². The molecule has 0 bridgehead atoms. The Morgan fingerprint density at radius 3 is 2.67 bits per heavy atom. The van der Waals surface area contributed by atoms with Crippen molar-refractivity contribution in [2.45, 2.75) is 19.4 Å². The SMILES string of the molecule is CN=C(NCCc1cccc(F)c1)NCC(C)N1CCN(C)CC1. The molecule has 1 fully saturated rings. The van der Waals surface area contributed by atoms with Crippen LogP contribution >= 0.6 is 0 Å². The van der Waals surface area contributed by atoms with Crippen molar-refractivity contribution in [3.8, 4) is 0 Å². The number of likely N-dealkylation sites (N-methyl/N-ethyl adjacent to an activating group) is 1. The fourth-order valence-corrected chi connectivity index (χ4v) is 2.87. The van der Waals surface area contributed by atoms with Crippen LogP contribution in [0.25, 0.3) is 0 Å². The number of nitrogens with zero attached hydrogens (tertiary/aromatic N) is 3. The van der Waals surface area contributed by atoms with Gasteiger partial charge in [-0.05, 0) is 38.1 Å². The average Bonchev–Trinajstić information content (AvgIpc) is 2.58. The number of guanidine groups is 1. The quantitative estimate of drug-likeness (QED) is 0.605. The zero-order valence-corrected chi connectivity index (χ0v) is 15.1. The second kappa shape index (κ2) is 9.59. The van der Waals surface area contributed by atoms with Gasteiger partial charge in [0.1, 0.15) is 5.82 Å². The lowest BCUT2D eigenvalue weighted by Crippen LogP contribution is -2.52. The molecule has 1 unspecified atom stereocenters. The highest BCUT2D eigenvalue weighted by atomic mass is 19.1. The van der Waals surface area contributed by atoms with Crippen LogP contribution < -0.4 is 10.6 Å². The topological polar surface area (TPSA) is 42.9 Å². The molecular formula is C18H30FN5. The summed E-state index contributed by atoms with van der Waals surface area (Å²) in [6, 6.07) is 7.21. The predicted molar refractivity (Wildman–Crippen MR) is 98.0 cm³/mol. The Morgan fingerprint density at radius 1 is 1.25 bits per heavy atom. The van der Waals surface area contributed by atoms with Crippen LogP contribution in [0.4, 0.5) is 4.39 Å². The van der Waals surface area contributed by atoms with E-state index in [1.165, 1.54) is 6.07 Å². The number of piperazine rings is 1. The third-order valence-electron chi connectivity index (χ3n) is 4.54. The largest absolute Gasteiger partial charge is 0.356 e. The van der Waals surface area contributed by atoms with Gasteiger partial charge >= 0.3 is 0 Å². The van der Waals surface area contributed by atoms with Crippen molar-refractivity contribution in [1.29, 1.82) is 0 Å². The molecule has 0 aliphatic carbocycles. The fraction of sp³-hybridized carbons (Fsp3) is 0.611. The van der Waals surface area contributed by atoms with Crippen LogP contribution in [0, 0.1) is 5.82 Å². The maximum Gasteiger partial charge on any atom is 0.191 e. The molecule has 134 valence electrons. The summed E-state index contributed by atoms with van der Waals surface area (Å²) in [5.41, 5.74) is 0.990. The third-order valence-corrected chi connectivity index (χ3v) is 4.54. The Kier molecular flexibility index (Phi) is 7.46. The minimum absolute atomic E-state index is 0.184. The van der Waals surface area contributed by atoms with Crippen LogP contribution in [-0.2, 0) is 6.42 Å². The molecule has 5 nitrogen and oxygen atoms in total. The second-order valence-electron chi connectivity index (χ2n) is 6.45. The highest BCUT2D eigenvalue weighted by Crippen LogP contribution is 2.04. The van der Waals surface area contributed by atoms with E-state index in [1.54, 1.807) is 19.2 Å². The van der Waals surface area contributed by atoms with Crippen molar-refractivity contribution in [3.05, 3.63) is 35.6 Å². The summed E-state index contributed by atoms with van der Waals surface area (Å²) in [7, 11) is 3.95. The average molecular weight is 335 g/mol. The molecule has 0 amide bonds. The molecule has 0 saturated carbocycles. The molecule has 6 heteroatoms. The van der Waals surface area contributed by atoms with E-state index < -0.39 is 0 Å². The molecule has 1 aliphatic rings. The first kappa shape index (κ1) is 18.7. The highest BCUT2D eigenvalue weighted by molar-refractivity contribution is 5.79. The van der Waals surface area contributed by atoms with Gasteiger partial charge in [0.05, 0.1) is 0 Å². The summed E-state index contributed by atoms with van der Waals surface area (Å²) in [6.45, 7) is 8.33. The lowest BCUT2D eigenvalue weighted by atomic mass is 10.1. The Hall–Kier alpha value is -1.66. The zero-order chi connectivity index (χ0) is 17.4. The highest BCUT2D eigenvalue weighted by Gasteiger charge is 2.18. The molecule has 1 aromatic carbocycles. The van der Waals surface area contributed by atoms with Gasteiger partial charge in [-0.25, -0.2) is 4.39 Å². The lowest BCUT2D eigenvalue weighted by molar-refractivity contribution is 0.120. The third kappa shape index (κ3) is 6.09. The van der Waals surface area contributed by atoms with Crippen LogP contribution in [0.15, 0.2) is 29.3 Å². The van der Waals surface area contributed by atoms with Gasteiger partial charge in [-0.15, -0.1) is 0 Å². The molecule has 1 saturated heterocycles. The Balaban J connectivity index is 1.68. The van der Waals surface area contributed by atoms with E-state index in [1.807, 2.05) is 6.07 Å². The minimum atomic E-state index is -0.184. The van der Waals surface area contributed by atoms with Crippen molar-refractivity contribution < 1.29 is 4.39 Å². The molecule has 2 N–H and O–H groups in total. The van der Waals surface area contributed by atoms with Gasteiger partial charge in [0.15, 0.2) is 5.96 Å². The molecule has 1 atom stereocenters. The van der Waals surface area contributed by atoms with E-state index in [0.29, 0.717) is 6.04 Å². The van der Waals surface area contributed by atoms with E-state index in [4.69, 9.17) is 0 Å². The van der Waals surface area contributed by atoms with Crippen LogP contribution in [0.1, 0.15) is 12.5 Å². The zero-order valence-electron chi connectivity index (χ0n) is 15.1. The Bertz CT molecular complexity index is 526. The van der Waals surface area contributed by atoms with Gasteiger partial charge in [-0.2, -0.15) is 0 Å². The number of halogens is 1. The second-order valence-corrected chi connectivity index (χ2v) is 6.45. The number of hydrogen-bond acceptors (Lipinski definition) is 3. The number of benzene rings is 1. The van der Waals surface area contributed by atoms with Crippen molar-refractivity contribution in [3.63, 3.8) is 0 Å². The molecule has 1 aliphatic heterocycles. The van der Waals surface area contributed by atoms with Gasteiger partial charge in [-0.3, -0.25) is 9.89 Å². The van der Waals surface area contributed by atoms with E-state index in [-0.39, 0.29) is 5.82 Å². The Morgan fingerprint density at radius 2 is 2.00 bits per heavy atom. The molecule has 24 heavy (non-hydrogen) atoms.